The lowest BCUT2D eigenvalue weighted by atomic mass is 10.1. The number of aliphatic hydroxyl groups is 1. The molecule has 3 rings (SSSR count). The van der Waals surface area contributed by atoms with Crippen LogP contribution in [-0.2, 0) is 11.3 Å². The maximum atomic E-state index is 13.1. The van der Waals surface area contributed by atoms with E-state index in [1.807, 2.05) is 0 Å². The molecule has 1 aliphatic rings. The zero-order valence-corrected chi connectivity index (χ0v) is 15.4. The van der Waals surface area contributed by atoms with E-state index in [-0.39, 0.29) is 5.56 Å². The van der Waals surface area contributed by atoms with Crippen molar-refractivity contribution >= 4 is 22.8 Å². The van der Waals surface area contributed by atoms with Gasteiger partial charge in [-0.2, -0.15) is 0 Å². The van der Waals surface area contributed by atoms with Crippen LogP contribution in [0.1, 0.15) is 29.6 Å². The average Bonchev–Trinajstić information content (AvgIpc) is 2.79. The summed E-state index contributed by atoms with van der Waals surface area (Å²) < 4.78 is 12.7. The monoisotopic (exact) mass is 390 g/mol. The van der Waals surface area contributed by atoms with E-state index in [0.717, 1.165) is 19.3 Å². The van der Waals surface area contributed by atoms with Crippen LogP contribution in [0.25, 0.3) is 10.9 Å². The fourth-order valence-corrected chi connectivity index (χ4v) is 3.25. The molecule has 0 aliphatic carbocycles. The topological polar surface area (TPSA) is 127 Å². The number of aliphatic hydroxyl groups excluding tert-OH is 1. The molecule has 2 aromatic rings. The molecule has 1 atom stereocenters. The molecular formula is C19H22N2O7. The summed E-state index contributed by atoms with van der Waals surface area (Å²) in [5.41, 5.74) is -0.200. The Balaban J connectivity index is 2.18. The number of hydrogen-bond donors (Lipinski definition) is 3. The molecule has 9 nitrogen and oxygen atoms in total. The summed E-state index contributed by atoms with van der Waals surface area (Å²) in [6.07, 6.45) is 2.41. The lowest BCUT2D eigenvalue weighted by Gasteiger charge is -2.18. The van der Waals surface area contributed by atoms with Crippen LogP contribution in [0.15, 0.2) is 23.0 Å². The van der Waals surface area contributed by atoms with Gasteiger partial charge in [-0.05, 0) is 37.5 Å². The second kappa shape index (κ2) is 8.30. The summed E-state index contributed by atoms with van der Waals surface area (Å²) in [6, 6.07) is 3.32. The Bertz CT molecular complexity index is 967. The number of rotatable bonds is 5. The highest BCUT2D eigenvalue weighted by Crippen LogP contribution is 2.36. The van der Waals surface area contributed by atoms with Gasteiger partial charge in [0, 0.05) is 11.9 Å². The molecule has 1 aliphatic heterocycles. The minimum Gasteiger partial charge on any atom is -0.493 e. The van der Waals surface area contributed by atoms with Crippen molar-refractivity contribution in [1.29, 1.82) is 0 Å². The molecular weight excluding hydrogens is 368 g/mol. The fraction of sp³-hybridized carbons (Fsp3) is 0.421. The highest BCUT2D eigenvalue weighted by atomic mass is 16.5. The number of nitrogens with zero attached hydrogens (tertiary/aromatic N) is 1. The summed E-state index contributed by atoms with van der Waals surface area (Å²) in [5, 5.41) is 20.9. The highest BCUT2D eigenvalue weighted by molar-refractivity contribution is 6.00. The summed E-state index contributed by atoms with van der Waals surface area (Å²) >= 11 is 0. The summed E-state index contributed by atoms with van der Waals surface area (Å²) in [5.74, 6) is -1.30. The van der Waals surface area contributed by atoms with Crippen molar-refractivity contribution in [2.24, 2.45) is 0 Å². The number of amides is 1. The molecule has 9 heteroatoms. The highest BCUT2D eigenvalue weighted by Gasteiger charge is 2.24. The number of pyridine rings is 1. The molecule has 1 amide bonds. The fourth-order valence-electron chi connectivity index (χ4n) is 3.25. The summed E-state index contributed by atoms with van der Waals surface area (Å²) in [4.78, 5) is 36.7. The van der Waals surface area contributed by atoms with Gasteiger partial charge in [0.05, 0.1) is 25.8 Å². The number of carboxylic acid groups (broad SMARTS) is 1. The standard InChI is InChI=1S/C19H22N2O7/c1-27-14-6-5-11-9-12(17(23)20-13(10-22)19(25)26)18(24)21-7-3-2-4-8-28-16(14)15(11)21/h5-6,9,13,22H,2-4,7-8,10H2,1H3,(H,20,23)(H,25,26). The number of carbonyl (C=O) groups is 2. The van der Waals surface area contributed by atoms with E-state index < -0.39 is 30.1 Å². The van der Waals surface area contributed by atoms with E-state index in [4.69, 9.17) is 19.7 Å². The van der Waals surface area contributed by atoms with Crippen LogP contribution in [0.5, 0.6) is 11.5 Å². The predicted molar refractivity (Wildman–Crippen MR) is 100 cm³/mol. The average molecular weight is 390 g/mol. The Morgan fingerprint density at radius 1 is 1.32 bits per heavy atom. The predicted octanol–water partition coefficient (Wildman–Crippen LogP) is 0.748. The van der Waals surface area contributed by atoms with Crippen LogP contribution in [0, 0.1) is 0 Å². The zero-order chi connectivity index (χ0) is 20.3. The zero-order valence-electron chi connectivity index (χ0n) is 15.4. The minimum atomic E-state index is -1.49. The van der Waals surface area contributed by atoms with E-state index in [1.54, 1.807) is 12.1 Å². The molecule has 28 heavy (non-hydrogen) atoms. The number of hydrogen-bond acceptors (Lipinski definition) is 6. The second-order valence-corrected chi connectivity index (χ2v) is 6.51. The van der Waals surface area contributed by atoms with Gasteiger partial charge in [-0.3, -0.25) is 9.59 Å². The summed E-state index contributed by atoms with van der Waals surface area (Å²) in [6.45, 7) is 0.100. The van der Waals surface area contributed by atoms with Gasteiger partial charge in [-0.1, -0.05) is 0 Å². The largest absolute Gasteiger partial charge is 0.493 e. The molecule has 0 spiro atoms. The number of aryl methyl sites for hydroxylation is 1. The van der Waals surface area contributed by atoms with Crippen molar-refractivity contribution in [3.63, 3.8) is 0 Å². The molecule has 0 bridgehead atoms. The van der Waals surface area contributed by atoms with E-state index >= 15 is 0 Å². The SMILES string of the molecule is COc1ccc2cc(C(=O)NC(CO)C(=O)O)c(=O)n3c2c1OCCCCC3. The molecule has 2 heterocycles. The smallest absolute Gasteiger partial charge is 0.328 e. The number of carboxylic acids is 1. The lowest BCUT2D eigenvalue weighted by Crippen LogP contribution is -2.45. The first-order valence-corrected chi connectivity index (χ1v) is 8.99. The molecule has 150 valence electrons. The first-order valence-electron chi connectivity index (χ1n) is 8.99. The van der Waals surface area contributed by atoms with Crippen LogP contribution in [0.3, 0.4) is 0 Å². The van der Waals surface area contributed by atoms with Gasteiger partial charge in [0.15, 0.2) is 17.5 Å². The normalized spacial score (nSPS) is 14.9. The third kappa shape index (κ3) is 3.65. The third-order valence-corrected chi connectivity index (χ3v) is 4.69. The Morgan fingerprint density at radius 2 is 2.11 bits per heavy atom. The van der Waals surface area contributed by atoms with Crippen LogP contribution in [0.2, 0.25) is 0 Å². The van der Waals surface area contributed by atoms with Crippen LogP contribution in [0.4, 0.5) is 0 Å². The lowest BCUT2D eigenvalue weighted by molar-refractivity contribution is -0.140. The second-order valence-electron chi connectivity index (χ2n) is 6.51. The third-order valence-electron chi connectivity index (χ3n) is 4.69. The van der Waals surface area contributed by atoms with Gasteiger partial charge in [0.25, 0.3) is 11.5 Å². The molecule has 1 aromatic heterocycles. The van der Waals surface area contributed by atoms with Crippen molar-refractivity contribution < 1.29 is 29.3 Å². The molecule has 0 saturated carbocycles. The van der Waals surface area contributed by atoms with Crippen molar-refractivity contribution in [2.45, 2.75) is 31.8 Å². The number of carbonyl (C=O) groups excluding carboxylic acids is 1. The first kappa shape index (κ1) is 19.7. The molecule has 0 radical (unpaired) electrons. The number of aliphatic carboxylic acids is 1. The van der Waals surface area contributed by atoms with Gasteiger partial charge in [-0.25, -0.2) is 4.79 Å². The molecule has 3 N–H and O–H groups in total. The van der Waals surface area contributed by atoms with Crippen molar-refractivity contribution in [3.8, 4) is 11.5 Å². The molecule has 0 saturated heterocycles. The van der Waals surface area contributed by atoms with Gasteiger partial charge in [-0.15, -0.1) is 0 Å². The quantitative estimate of drug-likeness (QED) is 0.687. The van der Waals surface area contributed by atoms with E-state index in [9.17, 15) is 14.4 Å². The Morgan fingerprint density at radius 3 is 2.79 bits per heavy atom. The van der Waals surface area contributed by atoms with E-state index in [0.29, 0.717) is 35.6 Å². The van der Waals surface area contributed by atoms with Gasteiger partial charge < -0.3 is 29.6 Å². The maximum Gasteiger partial charge on any atom is 0.328 e. The van der Waals surface area contributed by atoms with Crippen molar-refractivity contribution in [2.75, 3.05) is 20.3 Å². The van der Waals surface area contributed by atoms with Crippen LogP contribution < -0.4 is 20.3 Å². The first-order chi connectivity index (χ1) is 13.5. The molecule has 1 unspecified atom stereocenters. The van der Waals surface area contributed by atoms with Crippen LogP contribution >= 0.6 is 0 Å². The number of nitrogens with one attached hydrogen (secondary N) is 1. The minimum absolute atomic E-state index is 0.192. The molecule has 1 aromatic carbocycles. The van der Waals surface area contributed by atoms with Crippen molar-refractivity contribution in [3.05, 3.63) is 34.1 Å². The number of ether oxygens (including phenoxy) is 2. The van der Waals surface area contributed by atoms with Gasteiger partial charge in [0.2, 0.25) is 0 Å². The summed E-state index contributed by atoms with van der Waals surface area (Å²) in [7, 11) is 1.51. The van der Waals surface area contributed by atoms with E-state index in [1.165, 1.54) is 17.7 Å². The van der Waals surface area contributed by atoms with Gasteiger partial charge >= 0.3 is 5.97 Å². The number of aromatic nitrogens is 1. The van der Waals surface area contributed by atoms with Crippen LogP contribution in [-0.4, -0.2) is 53.0 Å². The Kier molecular flexibility index (Phi) is 5.84. The number of benzene rings is 1. The Labute approximate surface area is 160 Å². The maximum absolute atomic E-state index is 13.1. The van der Waals surface area contributed by atoms with Crippen molar-refractivity contribution in [1.82, 2.24) is 9.88 Å². The van der Waals surface area contributed by atoms with E-state index in [2.05, 4.69) is 5.32 Å². The Hall–Kier alpha value is -3.07. The number of methoxy groups -OCH3 is 1. The molecule has 0 fully saturated rings. The van der Waals surface area contributed by atoms with Gasteiger partial charge in [0.1, 0.15) is 5.56 Å².